The Morgan fingerprint density at radius 3 is 2.55 bits per heavy atom. The van der Waals surface area contributed by atoms with Gasteiger partial charge in [0.05, 0.1) is 12.3 Å². The Labute approximate surface area is 129 Å². The van der Waals surface area contributed by atoms with E-state index in [1.54, 1.807) is 6.26 Å². The maximum Gasteiger partial charge on any atom is 0.108 e. The second kappa shape index (κ2) is 6.59. The molecule has 1 unspecified atom stereocenters. The van der Waals surface area contributed by atoms with Crippen LogP contribution >= 0.6 is 15.9 Å². The van der Waals surface area contributed by atoms with E-state index in [1.165, 1.54) is 22.3 Å². The summed E-state index contributed by atoms with van der Waals surface area (Å²) in [7, 11) is 0. The van der Waals surface area contributed by atoms with Crippen LogP contribution in [0.25, 0.3) is 0 Å². The van der Waals surface area contributed by atoms with Crippen molar-refractivity contribution >= 4 is 15.9 Å². The highest BCUT2D eigenvalue weighted by molar-refractivity contribution is 9.10. The maximum absolute atomic E-state index is 5.61. The maximum atomic E-state index is 5.61. The molecule has 0 radical (unpaired) electrons. The standard InChI is InChI=1S/C17H22BrNO/c1-5-16-13(7-8-20-16)17(19-6-2)14-9-12(4)15(18)10-11(14)3/h7-10,17,19H,5-6H2,1-4H3. The van der Waals surface area contributed by atoms with Crippen LogP contribution < -0.4 is 5.32 Å². The zero-order valence-electron chi connectivity index (χ0n) is 12.6. The fraction of sp³-hybridized carbons (Fsp3) is 0.412. The highest BCUT2D eigenvalue weighted by atomic mass is 79.9. The van der Waals surface area contributed by atoms with Gasteiger partial charge in [-0.25, -0.2) is 0 Å². The minimum Gasteiger partial charge on any atom is -0.469 e. The van der Waals surface area contributed by atoms with Crippen molar-refractivity contribution in [1.29, 1.82) is 0 Å². The first-order valence-corrected chi connectivity index (χ1v) is 7.94. The van der Waals surface area contributed by atoms with Gasteiger partial charge in [0.15, 0.2) is 0 Å². The van der Waals surface area contributed by atoms with Crippen LogP contribution in [0.1, 0.15) is 47.9 Å². The molecule has 0 bridgehead atoms. The molecular weight excluding hydrogens is 314 g/mol. The van der Waals surface area contributed by atoms with Crippen molar-refractivity contribution in [2.24, 2.45) is 0 Å². The van der Waals surface area contributed by atoms with Crippen LogP contribution in [0, 0.1) is 13.8 Å². The van der Waals surface area contributed by atoms with Crippen LogP contribution in [-0.2, 0) is 6.42 Å². The van der Waals surface area contributed by atoms with Crippen molar-refractivity contribution in [3.8, 4) is 0 Å². The Morgan fingerprint density at radius 1 is 1.15 bits per heavy atom. The van der Waals surface area contributed by atoms with Crippen molar-refractivity contribution in [1.82, 2.24) is 5.32 Å². The molecule has 0 aliphatic carbocycles. The molecule has 1 atom stereocenters. The third kappa shape index (κ3) is 2.99. The number of hydrogen-bond acceptors (Lipinski definition) is 2. The molecule has 1 heterocycles. The van der Waals surface area contributed by atoms with Gasteiger partial charge in [0.1, 0.15) is 5.76 Å². The van der Waals surface area contributed by atoms with Gasteiger partial charge in [0.2, 0.25) is 0 Å². The zero-order chi connectivity index (χ0) is 14.7. The summed E-state index contributed by atoms with van der Waals surface area (Å²) in [4.78, 5) is 0. The monoisotopic (exact) mass is 335 g/mol. The summed E-state index contributed by atoms with van der Waals surface area (Å²) < 4.78 is 6.77. The fourth-order valence-corrected chi connectivity index (χ4v) is 3.06. The molecule has 108 valence electrons. The van der Waals surface area contributed by atoms with Gasteiger partial charge >= 0.3 is 0 Å². The molecular formula is C17H22BrNO. The first-order chi connectivity index (χ1) is 9.58. The Balaban J connectivity index is 2.51. The molecule has 0 aliphatic heterocycles. The van der Waals surface area contributed by atoms with Gasteiger partial charge in [0.25, 0.3) is 0 Å². The first kappa shape index (κ1) is 15.3. The molecule has 3 heteroatoms. The highest BCUT2D eigenvalue weighted by Gasteiger charge is 2.20. The van der Waals surface area contributed by atoms with Crippen molar-refractivity contribution in [2.45, 2.75) is 40.2 Å². The van der Waals surface area contributed by atoms with E-state index in [2.05, 4.69) is 67.1 Å². The average Bonchev–Trinajstić information content (AvgIpc) is 2.88. The summed E-state index contributed by atoms with van der Waals surface area (Å²) >= 11 is 3.61. The van der Waals surface area contributed by atoms with E-state index in [-0.39, 0.29) is 6.04 Å². The largest absolute Gasteiger partial charge is 0.469 e. The minimum absolute atomic E-state index is 0.195. The van der Waals surface area contributed by atoms with Gasteiger partial charge in [-0.2, -0.15) is 0 Å². The molecule has 0 aliphatic rings. The van der Waals surface area contributed by atoms with Gasteiger partial charge in [-0.15, -0.1) is 0 Å². The number of nitrogens with one attached hydrogen (secondary N) is 1. The Hall–Kier alpha value is -1.06. The lowest BCUT2D eigenvalue weighted by atomic mass is 9.93. The summed E-state index contributed by atoms with van der Waals surface area (Å²) in [6.07, 6.45) is 2.71. The predicted octanol–water partition coefficient (Wildman–Crippen LogP) is 4.92. The van der Waals surface area contributed by atoms with Crippen molar-refractivity contribution in [3.63, 3.8) is 0 Å². The lowest BCUT2D eigenvalue weighted by molar-refractivity contribution is 0.501. The van der Waals surface area contributed by atoms with Crippen LogP contribution in [-0.4, -0.2) is 6.54 Å². The second-order valence-electron chi connectivity index (χ2n) is 5.10. The smallest absolute Gasteiger partial charge is 0.108 e. The van der Waals surface area contributed by atoms with Crippen molar-refractivity contribution in [3.05, 3.63) is 56.9 Å². The molecule has 2 nitrogen and oxygen atoms in total. The van der Waals surface area contributed by atoms with Gasteiger partial charge in [-0.1, -0.05) is 35.8 Å². The molecule has 2 rings (SSSR count). The van der Waals surface area contributed by atoms with Crippen LogP contribution in [0.3, 0.4) is 0 Å². The van der Waals surface area contributed by atoms with E-state index in [9.17, 15) is 0 Å². The molecule has 0 spiro atoms. The Bertz CT molecular complexity index is 589. The molecule has 0 saturated heterocycles. The number of furan rings is 1. The highest BCUT2D eigenvalue weighted by Crippen LogP contribution is 2.31. The van der Waals surface area contributed by atoms with Crippen molar-refractivity contribution in [2.75, 3.05) is 6.54 Å². The lowest BCUT2D eigenvalue weighted by Crippen LogP contribution is -2.23. The number of halogens is 1. The van der Waals surface area contributed by atoms with Crippen LogP contribution in [0.4, 0.5) is 0 Å². The van der Waals surface area contributed by atoms with E-state index in [0.29, 0.717) is 0 Å². The summed E-state index contributed by atoms with van der Waals surface area (Å²) in [6.45, 7) is 9.49. The molecule has 1 N–H and O–H groups in total. The van der Waals surface area contributed by atoms with Crippen LogP contribution in [0.15, 0.2) is 33.4 Å². The number of rotatable bonds is 5. The summed E-state index contributed by atoms with van der Waals surface area (Å²) in [5.41, 5.74) is 5.12. The van der Waals surface area contributed by atoms with E-state index < -0.39 is 0 Å². The van der Waals surface area contributed by atoms with Gasteiger partial charge < -0.3 is 9.73 Å². The van der Waals surface area contributed by atoms with Gasteiger partial charge in [0, 0.05) is 16.5 Å². The number of benzene rings is 1. The summed E-state index contributed by atoms with van der Waals surface area (Å²) in [6, 6.07) is 6.74. The Morgan fingerprint density at radius 2 is 1.90 bits per heavy atom. The molecule has 0 saturated carbocycles. The normalized spacial score (nSPS) is 12.7. The first-order valence-electron chi connectivity index (χ1n) is 7.14. The quantitative estimate of drug-likeness (QED) is 0.838. The zero-order valence-corrected chi connectivity index (χ0v) is 14.2. The van der Waals surface area contributed by atoms with Crippen LogP contribution in [0.5, 0.6) is 0 Å². The van der Waals surface area contributed by atoms with E-state index in [4.69, 9.17) is 4.42 Å². The molecule has 1 aromatic carbocycles. The predicted molar refractivity (Wildman–Crippen MR) is 87.2 cm³/mol. The fourth-order valence-electron chi connectivity index (χ4n) is 2.60. The topological polar surface area (TPSA) is 25.2 Å². The summed E-state index contributed by atoms with van der Waals surface area (Å²) in [5.74, 6) is 1.07. The minimum atomic E-state index is 0.195. The molecule has 2 aromatic rings. The van der Waals surface area contributed by atoms with E-state index >= 15 is 0 Å². The lowest BCUT2D eigenvalue weighted by Gasteiger charge is -2.21. The number of aryl methyl sites for hydroxylation is 3. The van der Waals surface area contributed by atoms with Crippen molar-refractivity contribution < 1.29 is 4.42 Å². The molecule has 0 fully saturated rings. The average molecular weight is 336 g/mol. The second-order valence-corrected chi connectivity index (χ2v) is 5.96. The van der Waals surface area contributed by atoms with Gasteiger partial charge in [-0.3, -0.25) is 0 Å². The third-order valence-electron chi connectivity index (χ3n) is 3.68. The Kier molecular flexibility index (Phi) is 5.06. The molecule has 0 amide bonds. The van der Waals surface area contributed by atoms with Crippen LogP contribution in [0.2, 0.25) is 0 Å². The van der Waals surface area contributed by atoms with E-state index in [1.807, 2.05) is 0 Å². The summed E-state index contributed by atoms with van der Waals surface area (Å²) in [5, 5.41) is 3.59. The van der Waals surface area contributed by atoms with Gasteiger partial charge in [-0.05, 0) is 49.2 Å². The molecule has 20 heavy (non-hydrogen) atoms. The van der Waals surface area contributed by atoms with E-state index in [0.717, 1.165) is 23.2 Å². The third-order valence-corrected chi connectivity index (χ3v) is 4.53. The molecule has 1 aromatic heterocycles. The SMILES string of the molecule is CCNC(c1cc(C)c(Br)cc1C)c1ccoc1CC. The number of hydrogen-bond donors (Lipinski definition) is 1.